The van der Waals surface area contributed by atoms with Crippen LogP contribution in [0.5, 0.6) is 0 Å². The van der Waals surface area contributed by atoms with Crippen LogP contribution in [-0.2, 0) is 6.42 Å². The molecule has 1 atom stereocenters. The van der Waals surface area contributed by atoms with E-state index in [0.717, 1.165) is 0 Å². The van der Waals surface area contributed by atoms with E-state index in [1.165, 1.54) is 53.1 Å². The SMILES string of the molecule is C.Cc1cccc(CCCC[C@H](C)c2cccc3ccccc23)c1. The number of benzene rings is 3. The molecule has 0 heterocycles. The third kappa shape index (κ3) is 4.47. The molecule has 0 aliphatic rings. The molecular weight excluding hydrogens is 288 g/mol. The third-order valence-corrected chi connectivity index (χ3v) is 4.79. The Morgan fingerprint density at radius 1 is 0.833 bits per heavy atom. The van der Waals surface area contributed by atoms with Gasteiger partial charge in [-0.1, -0.05) is 93.1 Å². The fourth-order valence-electron chi connectivity index (χ4n) is 3.48. The van der Waals surface area contributed by atoms with Crippen molar-refractivity contribution in [2.24, 2.45) is 0 Å². The van der Waals surface area contributed by atoms with Crippen molar-refractivity contribution in [1.29, 1.82) is 0 Å². The van der Waals surface area contributed by atoms with Crippen LogP contribution in [0.4, 0.5) is 0 Å². The van der Waals surface area contributed by atoms with Crippen molar-refractivity contribution in [3.05, 3.63) is 83.4 Å². The van der Waals surface area contributed by atoms with Gasteiger partial charge in [-0.15, -0.1) is 0 Å². The fourth-order valence-corrected chi connectivity index (χ4v) is 3.48. The highest BCUT2D eigenvalue weighted by molar-refractivity contribution is 5.86. The van der Waals surface area contributed by atoms with Gasteiger partial charge >= 0.3 is 0 Å². The Morgan fingerprint density at radius 2 is 1.58 bits per heavy atom. The average Bonchev–Trinajstić information content (AvgIpc) is 2.58. The van der Waals surface area contributed by atoms with Crippen molar-refractivity contribution in [3.8, 4) is 0 Å². The molecule has 0 unspecified atom stereocenters. The van der Waals surface area contributed by atoms with E-state index in [4.69, 9.17) is 0 Å². The minimum atomic E-state index is 0. The average molecular weight is 319 g/mol. The molecule has 3 aromatic rings. The number of hydrogen-bond donors (Lipinski definition) is 0. The summed E-state index contributed by atoms with van der Waals surface area (Å²) in [6.07, 6.45) is 5.03. The van der Waals surface area contributed by atoms with Crippen molar-refractivity contribution in [2.75, 3.05) is 0 Å². The van der Waals surface area contributed by atoms with E-state index in [1.54, 1.807) is 0 Å². The standard InChI is InChI=1S/C23H26.CH4/c1-18-9-7-12-20(17-18)11-4-3-10-19(2)22-16-8-14-21-13-5-6-15-23(21)22;/h5-9,12-17,19H,3-4,10-11H2,1-2H3;1H4/t19-;/m0./s1. The van der Waals surface area contributed by atoms with Crippen molar-refractivity contribution in [3.63, 3.8) is 0 Å². The van der Waals surface area contributed by atoms with Crippen molar-refractivity contribution in [1.82, 2.24) is 0 Å². The molecule has 0 saturated heterocycles. The first-order valence-electron chi connectivity index (χ1n) is 8.77. The van der Waals surface area contributed by atoms with E-state index >= 15 is 0 Å². The summed E-state index contributed by atoms with van der Waals surface area (Å²) in [7, 11) is 0. The van der Waals surface area contributed by atoms with E-state index in [0.29, 0.717) is 5.92 Å². The molecule has 0 nitrogen and oxygen atoms in total. The summed E-state index contributed by atoms with van der Waals surface area (Å²) >= 11 is 0. The van der Waals surface area contributed by atoms with E-state index in [1.807, 2.05) is 0 Å². The summed E-state index contributed by atoms with van der Waals surface area (Å²) in [6.45, 7) is 4.54. The van der Waals surface area contributed by atoms with Gasteiger partial charge in [0.1, 0.15) is 0 Å². The Balaban J connectivity index is 0.00000208. The molecule has 0 aromatic heterocycles. The molecule has 24 heavy (non-hydrogen) atoms. The van der Waals surface area contributed by atoms with Crippen LogP contribution >= 0.6 is 0 Å². The second-order valence-electron chi connectivity index (χ2n) is 6.70. The summed E-state index contributed by atoms with van der Waals surface area (Å²) in [5.41, 5.74) is 4.34. The Kier molecular flexibility index (Phi) is 6.61. The van der Waals surface area contributed by atoms with Gasteiger partial charge in [0.25, 0.3) is 0 Å². The van der Waals surface area contributed by atoms with E-state index in [2.05, 4.69) is 80.6 Å². The van der Waals surface area contributed by atoms with Gasteiger partial charge in [-0.05, 0) is 54.0 Å². The molecule has 0 aliphatic carbocycles. The van der Waals surface area contributed by atoms with Crippen molar-refractivity contribution >= 4 is 10.8 Å². The summed E-state index contributed by atoms with van der Waals surface area (Å²) < 4.78 is 0. The zero-order chi connectivity index (χ0) is 16.1. The van der Waals surface area contributed by atoms with E-state index in [9.17, 15) is 0 Å². The number of fused-ring (bicyclic) bond motifs is 1. The molecule has 0 bridgehead atoms. The van der Waals surface area contributed by atoms with Gasteiger partial charge in [-0.25, -0.2) is 0 Å². The Hall–Kier alpha value is -2.08. The predicted octanol–water partition coefficient (Wildman–Crippen LogP) is 7.30. The largest absolute Gasteiger partial charge is 0.0776 e. The monoisotopic (exact) mass is 318 g/mol. The quantitative estimate of drug-likeness (QED) is 0.418. The van der Waals surface area contributed by atoms with Crippen LogP contribution in [-0.4, -0.2) is 0 Å². The molecule has 3 aromatic carbocycles. The Bertz CT molecular complexity index is 764. The molecule has 0 spiro atoms. The smallest absolute Gasteiger partial charge is 0.0149 e. The molecule has 0 amide bonds. The van der Waals surface area contributed by atoms with Gasteiger partial charge in [0, 0.05) is 0 Å². The number of hydrogen-bond acceptors (Lipinski definition) is 0. The van der Waals surface area contributed by atoms with E-state index < -0.39 is 0 Å². The summed E-state index contributed by atoms with van der Waals surface area (Å²) in [5, 5.41) is 2.78. The molecule has 0 fully saturated rings. The summed E-state index contributed by atoms with van der Waals surface area (Å²) in [5.74, 6) is 0.624. The van der Waals surface area contributed by atoms with E-state index in [-0.39, 0.29) is 7.43 Å². The highest BCUT2D eigenvalue weighted by atomic mass is 14.1. The van der Waals surface area contributed by atoms with Crippen LogP contribution in [0.3, 0.4) is 0 Å². The fraction of sp³-hybridized carbons (Fsp3) is 0.333. The zero-order valence-electron chi connectivity index (χ0n) is 14.3. The molecule has 0 N–H and O–H groups in total. The first kappa shape index (κ1) is 18.3. The molecule has 0 radical (unpaired) electrons. The second-order valence-corrected chi connectivity index (χ2v) is 6.70. The Labute approximate surface area is 147 Å². The van der Waals surface area contributed by atoms with Crippen LogP contribution in [0.1, 0.15) is 56.2 Å². The van der Waals surface area contributed by atoms with Gasteiger partial charge in [0.05, 0.1) is 0 Å². The maximum Gasteiger partial charge on any atom is -0.0149 e. The van der Waals surface area contributed by atoms with Crippen LogP contribution < -0.4 is 0 Å². The van der Waals surface area contributed by atoms with Gasteiger partial charge in [-0.3, -0.25) is 0 Å². The van der Waals surface area contributed by atoms with Crippen LogP contribution in [0.15, 0.2) is 66.7 Å². The maximum absolute atomic E-state index is 2.37. The number of rotatable bonds is 6. The lowest BCUT2D eigenvalue weighted by Crippen LogP contribution is -1.96. The second kappa shape index (κ2) is 8.68. The third-order valence-electron chi connectivity index (χ3n) is 4.79. The maximum atomic E-state index is 2.37. The highest BCUT2D eigenvalue weighted by Gasteiger charge is 2.08. The summed E-state index contributed by atoms with van der Waals surface area (Å²) in [6, 6.07) is 24.4. The van der Waals surface area contributed by atoms with Gasteiger partial charge < -0.3 is 0 Å². The van der Waals surface area contributed by atoms with Gasteiger partial charge in [0.2, 0.25) is 0 Å². The molecule has 126 valence electrons. The first-order valence-corrected chi connectivity index (χ1v) is 8.77. The molecule has 0 saturated carbocycles. The number of aryl methyl sites for hydroxylation is 2. The highest BCUT2D eigenvalue weighted by Crippen LogP contribution is 2.29. The number of unbranched alkanes of at least 4 members (excludes halogenated alkanes) is 1. The van der Waals surface area contributed by atoms with Crippen LogP contribution in [0.25, 0.3) is 10.8 Å². The molecule has 3 rings (SSSR count). The first-order chi connectivity index (χ1) is 11.2. The van der Waals surface area contributed by atoms with Crippen LogP contribution in [0.2, 0.25) is 0 Å². The van der Waals surface area contributed by atoms with Gasteiger partial charge in [0.15, 0.2) is 0 Å². The topological polar surface area (TPSA) is 0 Å². The van der Waals surface area contributed by atoms with Crippen LogP contribution in [0, 0.1) is 6.92 Å². The van der Waals surface area contributed by atoms with Crippen molar-refractivity contribution in [2.45, 2.75) is 52.9 Å². The molecular formula is C24H30. The molecule has 0 heteroatoms. The lowest BCUT2D eigenvalue weighted by atomic mass is 9.90. The molecule has 0 aliphatic heterocycles. The normalized spacial score (nSPS) is 11.9. The minimum Gasteiger partial charge on any atom is -0.0776 e. The predicted molar refractivity (Wildman–Crippen MR) is 108 cm³/mol. The lowest BCUT2D eigenvalue weighted by Gasteiger charge is -2.14. The lowest BCUT2D eigenvalue weighted by molar-refractivity contribution is 0.607. The van der Waals surface area contributed by atoms with Gasteiger partial charge in [-0.2, -0.15) is 0 Å². The Morgan fingerprint density at radius 3 is 2.42 bits per heavy atom. The van der Waals surface area contributed by atoms with Crippen molar-refractivity contribution < 1.29 is 0 Å². The zero-order valence-corrected chi connectivity index (χ0v) is 14.3. The summed E-state index contributed by atoms with van der Waals surface area (Å²) in [4.78, 5) is 0. The minimum absolute atomic E-state index is 0.